The van der Waals surface area contributed by atoms with Crippen LogP contribution in [0.15, 0.2) is 36.9 Å². The molecule has 2 N–H and O–H groups in total. The minimum atomic E-state index is -1.54. The van der Waals surface area contributed by atoms with Crippen LogP contribution in [0.4, 0.5) is 22.7 Å². The maximum absolute atomic E-state index is 16.4. The van der Waals surface area contributed by atoms with E-state index in [0.29, 0.717) is 18.5 Å². The number of thiazole rings is 1. The molecule has 7 rings (SSSR count). The molecule has 1 amide bonds. The number of amides is 1. The standard InChI is InChI=1S/C30H28F4N6O3S/c1-2-22(41)39-12-20(33)21(13-39)43-27-18-5-4-16(17-6-7-19(32)26-25(17)36-28(35)44-26)23(34)24(18)37-29(38-27)42-14-30-8-3-9-40(30)11-15(31)10-30/h2,4-7,15,20-21H,1,3,8-14H2,(H2,35,36)/t15-,20-,21+,30+/m1/s1. The molecule has 4 aromatic rings. The number of nitrogens with zero attached hydrogens (tertiary/aromatic N) is 5. The largest absolute Gasteiger partial charge is 0.469 e. The first-order chi connectivity index (χ1) is 21.2. The van der Waals surface area contributed by atoms with Crippen molar-refractivity contribution < 1.29 is 31.8 Å². The number of nitrogens with two attached hydrogens (primary N) is 1. The number of alkyl halides is 2. The number of aromatic nitrogens is 3. The molecule has 2 aromatic carbocycles. The minimum Gasteiger partial charge on any atom is -0.469 e. The van der Waals surface area contributed by atoms with Gasteiger partial charge in [0.25, 0.3) is 0 Å². The van der Waals surface area contributed by atoms with Gasteiger partial charge in [-0.25, -0.2) is 22.5 Å². The lowest BCUT2D eigenvalue weighted by atomic mass is 9.95. The molecule has 44 heavy (non-hydrogen) atoms. The van der Waals surface area contributed by atoms with Crippen LogP contribution >= 0.6 is 11.3 Å². The highest BCUT2D eigenvalue weighted by Gasteiger charge is 2.49. The second-order valence-electron chi connectivity index (χ2n) is 11.4. The van der Waals surface area contributed by atoms with Crippen molar-refractivity contribution in [3.05, 3.63) is 48.6 Å². The topological polar surface area (TPSA) is 107 Å². The smallest absolute Gasteiger partial charge is 0.320 e. The van der Waals surface area contributed by atoms with Crippen LogP contribution < -0.4 is 15.2 Å². The molecule has 5 heterocycles. The maximum atomic E-state index is 16.4. The molecule has 3 aliphatic heterocycles. The maximum Gasteiger partial charge on any atom is 0.320 e. The van der Waals surface area contributed by atoms with E-state index in [2.05, 4.69) is 26.4 Å². The molecule has 230 valence electrons. The molecule has 14 heteroatoms. The van der Waals surface area contributed by atoms with Gasteiger partial charge < -0.3 is 20.1 Å². The van der Waals surface area contributed by atoms with Crippen molar-refractivity contribution in [2.75, 3.05) is 38.5 Å². The summed E-state index contributed by atoms with van der Waals surface area (Å²) in [7, 11) is 0. The second kappa shape index (κ2) is 10.8. The highest BCUT2D eigenvalue weighted by Crippen LogP contribution is 2.42. The van der Waals surface area contributed by atoms with Gasteiger partial charge in [0.1, 0.15) is 24.1 Å². The zero-order valence-electron chi connectivity index (χ0n) is 23.4. The first kappa shape index (κ1) is 28.7. The summed E-state index contributed by atoms with van der Waals surface area (Å²) in [4.78, 5) is 28.4. The van der Waals surface area contributed by atoms with E-state index in [1.165, 1.54) is 29.2 Å². The van der Waals surface area contributed by atoms with Gasteiger partial charge in [-0.3, -0.25) is 9.69 Å². The van der Waals surface area contributed by atoms with Gasteiger partial charge in [0.2, 0.25) is 11.8 Å². The zero-order valence-corrected chi connectivity index (χ0v) is 24.3. The Hall–Kier alpha value is -4.04. The van der Waals surface area contributed by atoms with Gasteiger partial charge in [-0.1, -0.05) is 24.0 Å². The van der Waals surface area contributed by atoms with Crippen LogP contribution in [-0.4, -0.2) is 87.4 Å². The van der Waals surface area contributed by atoms with Gasteiger partial charge >= 0.3 is 6.01 Å². The number of hydrogen-bond acceptors (Lipinski definition) is 9. The Morgan fingerprint density at radius 2 is 1.93 bits per heavy atom. The van der Waals surface area contributed by atoms with Crippen LogP contribution in [0.3, 0.4) is 0 Å². The van der Waals surface area contributed by atoms with Gasteiger partial charge in [-0.05, 0) is 43.7 Å². The monoisotopic (exact) mass is 628 g/mol. The quantitative estimate of drug-likeness (QED) is 0.229. The second-order valence-corrected chi connectivity index (χ2v) is 12.5. The van der Waals surface area contributed by atoms with Gasteiger partial charge in [0.05, 0.1) is 34.2 Å². The molecule has 4 atom stereocenters. The third kappa shape index (κ3) is 4.80. The molecule has 0 radical (unpaired) electrons. The number of halogens is 4. The lowest BCUT2D eigenvalue weighted by molar-refractivity contribution is -0.125. The third-order valence-electron chi connectivity index (χ3n) is 8.73. The number of benzene rings is 2. The highest BCUT2D eigenvalue weighted by molar-refractivity contribution is 7.22. The number of nitrogen functional groups attached to an aromatic ring is 1. The lowest BCUT2D eigenvalue weighted by Crippen LogP contribution is -2.43. The summed E-state index contributed by atoms with van der Waals surface area (Å²) in [6.07, 6.45) is -0.574. The first-order valence-electron chi connectivity index (χ1n) is 14.2. The normalized spacial score (nSPS) is 25.2. The molecule has 3 saturated heterocycles. The number of rotatable bonds is 7. The zero-order chi connectivity index (χ0) is 30.7. The molecule has 3 fully saturated rings. The molecule has 0 spiro atoms. The van der Waals surface area contributed by atoms with Gasteiger partial charge in [0.15, 0.2) is 23.2 Å². The van der Waals surface area contributed by atoms with Crippen molar-refractivity contribution in [1.82, 2.24) is 24.8 Å². The van der Waals surface area contributed by atoms with Crippen LogP contribution in [0, 0.1) is 11.6 Å². The summed E-state index contributed by atoms with van der Waals surface area (Å²) in [5.41, 5.74) is 5.72. The number of carbonyl (C=O) groups is 1. The van der Waals surface area contributed by atoms with Crippen LogP contribution in [0.1, 0.15) is 19.3 Å². The van der Waals surface area contributed by atoms with Gasteiger partial charge in [-0.15, -0.1) is 0 Å². The van der Waals surface area contributed by atoms with Crippen LogP contribution in [0.5, 0.6) is 11.9 Å². The first-order valence-corrected chi connectivity index (χ1v) is 15.1. The SMILES string of the molecule is C=CC(=O)N1C[C@@H](F)[C@@H](Oc2nc(OC[C@@]34CCCN3C[C@H](F)C4)nc3c(F)c(-c4ccc(F)c5sc(N)nc45)ccc23)C1. The number of anilines is 1. The number of carbonyl (C=O) groups excluding carboxylic acids is 1. The predicted octanol–water partition coefficient (Wildman–Crippen LogP) is 4.84. The van der Waals surface area contributed by atoms with Gasteiger partial charge in [-0.2, -0.15) is 9.97 Å². The van der Waals surface area contributed by atoms with Crippen molar-refractivity contribution >= 4 is 43.5 Å². The van der Waals surface area contributed by atoms with E-state index in [9.17, 15) is 13.6 Å². The molecule has 2 aromatic heterocycles. The fourth-order valence-electron chi connectivity index (χ4n) is 6.63. The molecule has 0 aliphatic carbocycles. The molecule has 3 aliphatic rings. The van der Waals surface area contributed by atoms with Crippen molar-refractivity contribution in [1.29, 1.82) is 0 Å². The molecular weight excluding hydrogens is 600 g/mol. The summed E-state index contributed by atoms with van der Waals surface area (Å²) >= 11 is 0.953. The third-order valence-corrected chi connectivity index (χ3v) is 9.63. The van der Waals surface area contributed by atoms with Crippen LogP contribution in [0.2, 0.25) is 0 Å². The Bertz CT molecular complexity index is 1810. The summed E-state index contributed by atoms with van der Waals surface area (Å²) < 4.78 is 72.5. The molecule has 0 saturated carbocycles. The van der Waals surface area contributed by atoms with E-state index in [-0.39, 0.29) is 63.4 Å². The van der Waals surface area contributed by atoms with Crippen molar-refractivity contribution in [3.63, 3.8) is 0 Å². The van der Waals surface area contributed by atoms with Crippen LogP contribution in [-0.2, 0) is 4.79 Å². The lowest BCUT2D eigenvalue weighted by Gasteiger charge is -2.30. The van der Waals surface area contributed by atoms with E-state index < -0.39 is 41.5 Å². The van der Waals surface area contributed by atoms with E-state index in [0.717, 1.165) is 36.8 Å². The summed E-state index contributed by atoms with van der Waals surface area (Å²) in [5.74, 6) is -1.89. The predicted molar refractivity (Wildman–Crippen MR) is 157 cm³/mol. The Balaban J connectivity index is 1.30. The number of likely N-dealkylation sites (tertiary alicyclic amines) is 1. The Morgan fingerprint density at radius 1 is 1.11 bits per heavy atom. The summed E-state index contributed by atoms with van der Waals surface area (Å²) in [6, 6.07) is 5.39. The molecular formula is C30H28F4N6O3S. The highest BCUT2D eigenvalue weighted by atomic mass is 32.1. The van der Waals surface area contributed by atoms with Crippen molar-refractivity contribution in [3.8, 4) is 23.0 Å². The Labute approximate surface area is 253 Å². The van der Waals surface area contributed by atoms with Gasteiger partial charge in [0, 0.05) is 24.1 Å². The number of fused-ring (bicyclic) bond motifs is 3. The fourth-order valence-corrected chi connectivity index (χ4v) is 7.40. The van der Waals surface area contributed by atoms with E-state index in [1.54, 1.807) is 0 Å². The minimum absolute atomic E-state index is 0.0664. The van der Waals surface area contributed by atoms with E-state index in [4.69, 9.17) is 15.2 Å². The van der Waals surface area contributed by atoms with Crippen LogP contribution in [0.25, 0.3) is 32.2 Å². The number of hydrogen-bond donors (Lipinski definition) is 1. The Morgan fingerprint density at radius 3 is 2.75 bits per heavy atom. The summed E-state index contributed by atoms with van der Waals surface area (Å²) in [6.45, 7) is 4.34. The van der Waals surface area contributed by atoms with E-state index in [1.807, 2.05) is 0 Å². The average molecular weight is 629 g/mol. The molecule has 9 nitrogen and oxygen atoms in total. The van der Waals surface area contributed by atoms with Crippen molar-refractivity contribution in [2.45, 2.75) is 43.2 Å². The Kier molecular flexibility index (Phi) is 7.08. The van der Waals surface area contributed by atoms with E-state index >= 15 is 8.78 Å². The molecule has 0 unspecified atom stereocenters. The average Bonchev–Trinajstić information content (AvgIpc) is 3.75. The number of ether oxygens (including phenoxy) is 2. The fraction of sp³-hybridized carbons (Fsp3) is 0.400. The summed E-state index contributed by atoms with van der Waals surface area (Å²) in [5, 5.41) is 0.270. The van der Waals surface area contributed by atoms with Crippen molar-refractivity contribution in [2.24, 2.45) is 0 Å². The molecule has 0 bridgehead atoms.